The average Bonchev–Trinajstić information content (AvgIpc) is 3.38. The lowest BCUT2D eigenvalue weighted by Crippen LogP contribution is -2.34. The second kappa shape index (κ2) is 9.96. The van der Waals surface area contributed by atoms with Crippen molar-refractivity contribution in [1.82, 2.24) is 9.88 Å². The quantitative estimate of drug-likeness (QED) is 0.548. The minimum atomic E-state index is -0.523. The highest BCUT2D eigenvalue weighted by Crippen LogP contribution is 2.35. The molecule has 32 heavy (non-hydrogen) atoms. The van der Waals surface area contributed by atoms with Crippen molar-refractivity contribution in [2.24, 2.45) is 5.92 Å². The van der Waals surface area contributed by atoms with Gasteiger partial charge in [-0.25, -0.2) is 0 Å². The van der Waals surface area contributed by atoms with Gasteiger partial charge in [-0.15, -0.1) is 0 Å². The van der Waals surface area contributed by atoms with Crippen molar-refractivity contribution in [1.29, 1.82) is 0 Å². The van der Waals surface area contributed by atoms with Crippen molar-refractivity contribution in [3.8, 4) is 0 Å². The van der Waals surface area contributed by atoms with Crippen molar-refractivity contribution in [2.75, 3.05) is 26.4 Å². The molecular weight excluding hydrogens is 408 g/mol. The summed E-state index contributed by atoms with van der Waals surface area (Å²) in [6.07, 6.45) is 5.13. The predicted octanol–water partition coefficient (Wildman–Crippen LogP) is 4.01. The van der Waals surface area contributed by atoms with Crippen LogP contribution in [0.3, 0.4) is 0 Å². The van der Waals surface area contributed by atoms with E-state index in [4.69, 9.17) is 14.2 Å². The normalized spacial score (nSPS) is 21.2. The molecule has 0 N–H and O–H groups in total. The zero-order chi connectivity index (χ0) is 22.6. The Morgan fingerprint density at radius 3 is 2.88 bits per heavy atom. The lowest BCUT2D eigenvalue weighted by atomic mass is 9.98. The molecule has 1 aromatic carbocycles. The first-order valence-electron chi connectivity index (χ1n) is 11.6. The third kappa shape index (κ3) is 5.10. The molecule has 3 heterocycles. The van der Waals surface area contributed by atoms with E-state index < -0.39 is 5.79 Å². The Bertz CT molecular complexity index is 956. The van der Waals surface area contributed by atoms with Gasteiger partial charge in [-0.2, -0.15) is 0 Å². The van der Waals surface area contributed by atoms with Gasteiger partial charge in [0.2, 0.25) is 5.91 Å². The molecule has 4 rings (SSSR count). The number of benzene rings is 1. The zero-order valence-electron chi connectivity index (χ0n) is 18.9. The number of aromatic nitrogens is 1. The van der Waals surface area contributed by atoms with Gasteiger partial charge in [0.1, 0.15) is 0 Å². The van der Waals surface area contributed by atoms with Gasteiger partial charge in [-0.05, 0) is 50.8 Å². The van der Waals surface area contributed by atoms with E-state index in [0.29, 0.717) is 26.4 Å². The Hall–Kier alpha value is -2.51. The number of hydrogen-bond donors (Lipinski definition) is 0. The SMILES string of the molecule is CCOC(=O)C[C@@H](c1cnc2ccccc2c1)N1CCC(CCCC2(C)OCCO2)C1=O. The Balaban J connectivity index is 1.47. The van der Waals surface area contributed by atoms with Crippen molar-refractivity contribution in [3.05, 3.63) is 42.1 Å². The van der Waals surface area contributed by atoms with Crippen LogP contribution in [0.4, 0.5) is 0 Å². The van der Waals surface area contributed by atoms with E-state index in [0.717, 1.165) is 42.1 Å². The van der Waals surface area contributed by atoms with Crippen LogP contribution in [-0.2, 0) is 23.8 Å². The number of ether oxygens (including phenoxy) is 3. The first-order valence-corrected chi connectivity index (χ1v) is 11.6. The highest BCUT2D eigenvalue weighted by atomic mass is 16.7. The van der Waals surface area contributed by atoms with Crippen LogP contribution in [0.2, 0.25) is 0 Å². The zero-order valence-corrected chi connectivity index (χ0v) is 18.9. The topological polar surface area (TPSA) is 78.0 Å². The fraction of sp³-hybridized carbons (Fsp3) is 0.560. The van der Waals surface area contributed by atoms with Crippen LogP contribution >= 0.6 is 0 Å². The number of carbonyl (C=O) groups excluding carboxylic acids is 2. The molecule has 2 saturated heterocycles. The number of esters is 1. The summed E-state index contributed by atoms with van der Waals surface area (Å²) in [6, 6.07) is 9.51. The predicted molar refractivity (Wildman–Crippen MR) is 120 cm³/mol. The van der Waals surface area contributed by atoms with E-state index in [1.807, 2.05) is 42.2 Å². The molecule has 2 atom stereocenters. The maximum atomic E-state index is 13.3. The Morgan fingerprint density at radius 1 is 1.31 bits per heavy atom. The van der Waals surface area contributed by atoms with Gasteiger partial charge in [-0.1, -0.05) is 18.2 Å². The highest BCUT2D eigenvalue weighted by Gasteiger charge is 2.38. The maximum absolute atomic E-state index is 13.3. The van der Waals surface area contributed by atoms with Crippen LogP contribution in [0.25, 0.3) is 10.9 Å². The molecular formula is C25H32N2O5. The number of rotatable bonds is 9. The number of carbonyl (C=O) groups is 2. The third-order valence-electron chi connectivity index (χ3n) is 6.47. The van der Waals surface area contributed by atoms with E-state index in [9.17, 15) is 9.59 Å². The van der Waals surface area contributed by atoms with Gasteiger partial charge < -0.3 is 19.1 Å². The van der Waals surface area contributed by atoms with Crippen LogP contribution in [0.1, 0.15) is 57.6 Å². The first-order chi connectivity index (χ1) is 15.5. The molecule has 0 saturated carbocycles. The van der Waals surface area contributed by atoms with Gasteiger partial charge >= 0.3 is 5.97 Å². The average molecular weight is 441 g/mol. The van der Waals surface area contributed by atoms with Crippen LogP contribution in [-0.4, -0.2) is 53.9 Å². The van der Waals surface area contributed by atoms with Gasteiger partial charge in [0.25, 0.3) is 0 Å². The summed E-state index contributed by atoms with van der Waals surface area (Å²) in [5.41, 5.74) is 1.76. The Morgan fingerprint density at radius 2 is 2.09 bits per heavy atom. The van der Waals surface area contributed by atoms with E-state index in [2.05, 4.69) is 4.98 Å². The smallest absolute Gasteiger partial charge is 0.308 e. The Kier molecular flexibility index (Phi) is 7.06. The van der Waals surface area contributed by atoms with Crippen molar-refractivity contribution in [2.45, 2.75) is 57.8 Å². The molecule has 0 spiro atoms. The van der Waals surface area contributed by atoms with Gasteiger partial charge in [0.15, 0.2) is 5.79 Å². The molecule has 0 aliphatic carbocycles. The van der Waals surface area contributed by atoms with Crippen molar-refractivity contribution < 1.29 is 23.8 Å². The van der Waals surface area contributed by atoms with Gasteiger partial charge in [0, 0.05) is 30.5 Å². The molecule has 172 valence electrons. The molecule has 2 aliphatic heterocycles. The molecule has 1 unspecified atom stereocenters. The molecule has 1 amide bonds. The molecule has 2 aromatic rings. The molecule has 1 aromatic heterocycles. The number of amides is 1. The molecule has 7 heteroatoms. The summed E-state index contributed by atoms with van der Waals surface area (Å²) < 4.78 is 16.6. The summed E-state index contributed by atoms with van der Waals surface area (Å²) in [5.74, 6) is -0.765. The van der Waals surface area contributed by atoms with Gasteiger partial charge in [-0.3, -0.25) is 14.6 Å². The summed E-state index contributed by atoms with van der Waals surface area (Å²) >= 11 is 0. The van der Waals surface area contributed by atoms with Crippen LogP contribution in [0, 0.1) is 5.92 Å². The summed E-state index contributed by atoms with van der Waals surface area (Å²) in [7, 11) is 0. The molecule has 7 nitrogen and oxygen atoms in total. The third-order valence-corrected chi connectivity index (χ3v) is 6.47. The lowest BCUT2D eigenvalue weighted by Gasteiger charge is -2.28. The number of pyridine rings is 1. The fourth-order valence-corrected chi connectivity index (χ4v) is 4.77. The number of likely N-dealkylation sites (tertiary alicyclic amines) is 1. The van der Waals surface area contributed by atoms with E-state index in [-0.39, 0.29) is 30.3 Å². The lowest BCUT2D eigenvalue weighted by molar-refractivity contribution is -0.149. The molecule has 2 fully saturated rings. The molecule has 2 aliphatic rings. The summed E-state index contributed by atoms with van der Waals surface area (Å²) in [6.45, 7) is 5.96. The number of nitrogens with zero attached hydrogens (tertiary/aromatic N) is 2. The highest BCUT2D eigenvalue weighted by molar-refractivity contribution is 5.83. The largest absolute Gasteiger partial charge is 0.466 e. The maximum Gasteiger partial charge on any atom is 0.308 e. The Labute approximate surface area is 189 Å². The summed E-state index contributed by atoms with van der Waals surface area (Å²) in [4.78, 5) is 32.1. The first kappa shape index (κ1) is 22.7. The number of hydrogen-bond acceptors (Lipinski definition) is 6. The van der Waals surface area contributed by atoms with E-state index >= 15 is 0 Å². The number of fused-ring (bicyclic) bond motifs is 1. The van der Waals surface area contributed by atoms with Crippen molar-refractivity contribution >= 4 is 22.8 Å². The number of para-hydroxylation sites is 1. The molecule has 0 radical (unpaired) electrons. The van der Waals surface area contributed by atoms with E-state index in [1.54, 1.807) is 13.1 Å². The standard InChI is InChI=1S/C25H32N2O5/c1-3-30-23(28)16-22(20-15-19-7-4-5-9-21(19)26-17-20)27-12-10-18(24(27)29)8-6-11-25(2)31-13-14-32-25/h4-5,7,9,15,17-18,22H,3,6,8,10-14,16H2,1-2H3/t18?,22-/m0/s1. The minimum Gasteiger partial charge on any atom is -0.466 e. The van der Waals surface area contributed by atoms with Crippen LogP contribution in [0.15, 0.2) is 36.5 Å². The second-order valence-corrected chi connectivity index (χ2v) is 8.73. The van der Waals surface area contributed by atoms with Crippen LogP contribution in [0.5, 0.6) is 0 Å². The van der Waals surface area contributed by atoms with Gasteiger partial charge in [0.05, 0.1) is 37.8 Å². The minimum absolute atomic E-state index is 0.0434. The monoisotopic (exact) mass is 440 g/mol. The van der Waals surface area contributed by atoms with E-state index in [1.165, 1.54) is 0 Å². The second-order valence-electron chi connectivity index (χ2n) is 8.73. The summed E-state index contributed by atoms with van der Waals surface area (Å²) in [5, 5.41) is 0.992. The van der Waals surface area contributed by atoms with Crippen LogP contribution < -0.4 is 0 Å². The van der Waals surface area contributed by atoms with Crippen molar-refractivity contribution in [3.63, 3.8) is 0 Å². The fourth-order valence-electron chi connectivity index (χ4n) is 4.77. The molecule has 0 bridgehead atoms.